The summed E-state index contributed by atoms with van der Waals surface area (Å²) in [4.78, 5) is 35.4. The molecule has 0 spiro atoms. The summed E-state index contributed by atoms with van der Waals surface area (Å²) in [6.45, 7) is 0.843. The first-order valence-electron chi connectivity index (χ1n) is 6.54. The van der Waals surface area contributed by atoms with Crippen molar-refractivity contribution in [3.63, 3.8) is 0 Å². The number of amides is 1. The van der Waals surface area contributed by atoms with Gasteiger partial charge in [0.05, 0.1) is 11.6 Å². The number of carbonyl (C=O) groups excluding carboxylic acids is 3. The molecule has 1 aromatic carbocycles. The molecule has 0 aliphatic carbocycles. The predicted octanol–water partition coefficient (Wildman–Crippen LogP) is 0.250. The van der Waals surface area contributed by atoms with Gasteiger partial charge < -0.3 is 19.9 Å². The van der Waals surface area contributed by atoms with E-state index in [-0.39, 0.29) is 17.7 Å². The number of aliphatic hydroxyl groups excluding tert-OH is 1. The molecule has 1 amide bonds. The zero-order chi connectivity index (χ0) is 16.4. The van der Waals surface area contributed by atoms with E-state index in [2.05, 4.69) is 0 Å². The topological polar surface area (TPSA) is 97.7 Å². The van der Waals surface area contributed by atoms with Crippen LogP contribution in [-0.4, -0.2) is 34.2 Å². The maximum Gasteiger partial charge on any atom is 0.290 e. The maximum atomic E-state index is 14.0. The summed E-state index contributed by atoms with van der Waals surface area (Å²) in [6, 6.07) is 4.35. The first-order chi connectivity index (χ1) is 10.3. The summed E-state index contributed by atoms with van der Waals surface area (Å²) in [5, 5.41) is 20.5. The average molecular weight is 306 g/mol. The number of aliphatic carboxylic acids is 1. The number of rotatable bonds is 5. The Hall–Kier alpha value is -2.70. The molecule has 116 valence electrons. The SMILES string of the molecule is CC(=O)C1=C(O)C(=O)N(CCC(=O)[O-])[C@@H]1c1ccccc1F. The van der Waals surface area contributed by atoms with Crippen LogP contribution < -0.4 is 5.11 Å². The smallest absolute Gasteiger partial charge is 0.290 e. The summed E-state index contributed by atoms with van der Waals surface area (Å²) >= 11 is 0. The molecule has 0 aromatic heterocycles. The first-order valence-corrected chi connectivity index (χ1v) is 6.54. The second-order valence-electron chi connectivity index (χ2n) is 4.86. The van der Waals surface area contributed by atoms with Crippen molar-refractivity contribution in [2.24, 2.45) is 0 Å². The lowest BCUT2D eigenvalue weighted by Crippen LogP contribution is -2.35. The van der Waals surface area contributed by atoms with E-state index >= 15 is 0 Å². The van der Waals surface area contributed by atoms with Gasteiger partial charge in [0.15, 0.2) is 11.5 Å². The van der Waals surface area contributed by atoms with Crippen molar-refractivity contribution in [3.8, 4) is 0 Å². The van der Waals surface area contributed by atoms with Crippen molar-refractivity contribution in [1.29, 1.82) is 0 Å². The van der Waals surface area contributed by atoms with Crippen LogP contribution in [0.5, 0.6) is 0 Å². The van der Waals surface area contributed by atoms with Crippen molar-refractivity contribution in [3.05, 3.63) is 47.0 Å². The number of halogens is 1. The van der Waals surface area contributed by atoms with Crippen LogP contribution in [0.25, 0.3) is 0 Å². The van der Waals surface area contributed by atoms with Gasteiger partial charge in [-0.2, -0.15) is 0 Å². The number of nitrogens with zero attached hydrogens (tertiary/aromatic N) is 1. The Kier molecular flexibility index (Phi) is 4.25. The lowest BCUT2D eigenvalue weighted by Gasteiger charge is -2.27. The van der Waals surface area contributed by atoms with E-state index in [1.165, 1.54) is 18.2 Å². The molecule has 0 fully saturated rings. The molecule has 1 heterocycles. The molecular formula is C15H13FNO5-. The minimum absolute atomic E-state index is 0.0171. The highest BCUT2D eigenvalue weighted by Crippen LogP contribution is 2.38. The van der Waals surface area contributed by atoms with Crippen LogP contribution in [0.1, 0.15) is 24.9 Å². The molecule has 1 aliphatic rings. The van der Waals surface area contributed by atoms with Gasteiger partial charge in [-0.1, -0.05) is 18.2 Å². The standard InChI is InChI=1S/C15H14FNO5/c1-8(18)12-13(9-4-2-3-5-10(9)16)17(7-6-11(19)20)15(22)14(12)21/h2-5,13,21H,6-7H2,1H3,(H,19,20)/p-1/t13-/m1/s1. The third-order valence-corrected chi connectivity index (χ3v) is 3.44. The average Bonchev–Trinajstić information content (AvgIpc) is 2.69. The number of aliphatic hydroxyl groups is 1. The lowest BCUT2D eigenvalue weighted by atomic mass is 9.96. The quantitative estimate of drug-likeness (QED) is 0.841. The number of ketones is 1. The molecule has 0 unspecified atom stereocenters. The van der Waals surface area contributed by atoms with E-state index in [0.717, 1.165) is 17.9 Å². The number of carbonyl (C=O) groups is 3. The van der Waals surface area contributed by atoms with Crippen LogP contribution in [0, 0.1) is 5.82 Å². The Bertz CT molecular complexity index is 682. The summed E-state index contributed by atoms with van der Waals surface area (Å²) in [5.74, 6) is -4.32. The fourth-order valence-electron chi connectivity index (χ4n) is 2.48. The van der Waals surface area contributed by atoms with Crippen molar-refractivity contribution in [2.45, 2.75) is 19.4 Å². The Balaban J connectivity index is 2.51. The number of Topliss-reactive ketones (excluding diaryl/α,β-unsaturated/α-hetero) is 1. The second-order valence-corrected chi connectivity index (χ2v) is 4.86. The van der Waals surface area contributed by atoms with E-state index in [9.17, 15) is 29.0 Å². The number of hydrogen-bond acceptors (Lipinski definition) is 5. The molecule has 1 atom stereocenters. The van der Waals surface area contributed by atoms with Gasteiger partial charge in [0.2, 0.25) is 0 Å². The Labute approximate surface area is 125 Å². The van der Waals surface area contributed by atoms with E-state index in [4.69, 9.17) is 0 Å². The molecule has 7 heteroatoms. The Morgan fingerprint density at radius 1 is 1.36 bits per heavy atom. The minimum atomic E-state index is -1.39. The zero-order valence-electron chi connectivity index (χ0n) is 11.7. The number of benzene rings is 1. The van der Waals surface area contributed by atoms with E-state index in [1.54, 1.807) is 0 Å². The van der Waals surface area contributed by atoms with Crippen LogP contribution in [0.3, 0.4) is 0 Å². The zero-order valence-corrected chi connectivity index (χ0v) is 11.7. The van der Waals surface area contributed by atoms with E-state index in [1.807, 2.05) is 0 Å². The predicted molar refractivity (Wildman–Crippen MR) is 70.8 cm³/mol. The second kappa shape index (κ2) is 5.97. The van der Waals surface area contributed by atoms with Crippen molar-refractivity contribution in [1.82, 2.24) is 4.90 Å². The van der Waals surface area contributed by atoms with Crippen molar-refractivity contribution < 1.29 is 29.0 Å². The third kappa shape index (κ3) is 2.69. The Morgan fingerprint density at radius 3 is 2.55 bits per heavy atom. The number of carboxylic acid groups (broad SMARTS) is 1. The molecule has 22 heavy (non-hydrogen) atoms. The fourth-order valence-corrected chi connectivity index (χ4v) is 2.48. The maximum absolute atomic E-state index is 14.0. The van der Waals surface area contributed by atoms with Gasteiger partial charge in [-0.25, -0.2) is 4.39 Å². The molecule has 6 nitrogen and oxygen atoms in total. The first kappa shape index (κ1) is 15.7. The molecule has 1 aromatic rings. The molecular weight excluding hydrogens is 293 g/mol. The lowest BCUT2D eigenvalue weighted by molar-refractivity contribution is -0.305. The van der Waals surface area contributed by atoms with Crippen molar-refractivity contribution in [2.75, 3.05) is 6.54 Å². The summed E-state index contributed by atoms with van der Waals surface area (Å²) < 4.78 is 14.0. The largest absolute Gasteiger partial charge is 0.550 e. The van der Waals surface area contributed by atoms with Crippen LogP contribution in [-0.2, 0) is 14.4 Å². The van der Waals surface area contributed by atoms with Gasteiger partial charge >= 0.3 is 0 Å². The third-order valence-electron chi connectivity index (χ3n) is 3.44. The van der Waals surface area contributed by atoms with Crippen LogP contribution >= 0.6 is 0 Å². The van der Waals surface area contributed by atoms with Gasteiger partial charge in [0, 0.05) is 24.5 Å². The molecule has 0 saturated carbocycles. The van der Waals surface area contributed by atoms with Crippen LogP contribution in [0.15, 0.2) is 35.6 Å². The molecule has 2 rings (SSSR count). The van der Waals surface area contributed by atoms with Crippen LogP contribution in [0.4, 0.5) is 4.39 Å². The highest BCUT2D eigenvalue weighted by Gasteiger charge is 2.42. The minimum Gasteiger partial charge on any atom is -0.550 e. The highest BCUT2D eigenvalue weighted by molar-refractivity contribution is 6.08. The Morgan fingerprint density at radius 2 is 2.00 bits per heavy atom. The highest BCUT2D eigenvalue weighted by atomic mass is 19.1. The fraction of sp³-hybridized carbons (Fsp3) is 0.267. The van der Waals surface area contributed by atoms with E-state index < -0.39 is 41.7 Å². The monoisotopic (exact) mass is 306 g/mol. The molecule has 1 N–H and O–H groups in total. The number of carboxylic acids is 1. The van der Waals surface area contributed by atoms with Gasteiger partial charge in [-0.15, -0.1) is 0 Å². The van der Waals surface area contributed by atoms with Gasteiger partial charge in [-0.3, -0.25) is 9.59 Å². The van der Waals surface area contributed by atoms with Crippen LogP contribution in [0.2, 0.25) is 0 Å². The van der Waals surface area contributed by atoms with Crippen molar-refractivity contribution >= 4 is 17.7 Å². The molecule has 1 aliphatic heterocycles. The van der Waals surface area contributed by atoms with Gasteiger partial charge in [0.1, 0.15) is 5.82 Å². The summed E-state index contributed by atoms with van der Waals surface area (Å²) in [7, 11) is 0. The normalized spacial score (nSPS) is 18.0. The summed E-state index contributed by atoms with van der Waals surface area (Å²) in [5.41, 5.74) is -0.225. The summed E-state index contributed by atoms with van der Waals surface area (Å²) in [6.07, 6.45) is -0.491. The molecule has 0 saturated heterocycles. The molecule has 0 radical (unpaired) electrons. The molecule has 0 bridgehead atoms. The van der Waals surface area contributed by atoms with Gasteiger partial charge in [-0.05, 0) is 13.0 Å². The van der Waals surface area contributed by atoms with E-state index in [0.29, 0.717) is 0 Å². The van der Waals surface area contributed by atoms with Gasteiger partial charge in [0.25, 0.3) is 5.91 Å². The number of hydrogen-bond donors (Lipinski definition) is 1.